The van der Waals surface area contributed by atoms with E-state index >= 15 is 0 Å². The van der Waals surface area contributed by atoms with Gasteiger partial charge in [0.25, 0.3) is 0 Å². The third-order valence-electron chi connectivity index (χ3n) is 2.34. The van der Waals surface area contributed by atoms with Crippen LogP contribution in [0, 0.1) is 17.0 Å². The number of aryl methyl sites for hydroxylation is 1. The summed E-state index contributed by atoms with van der Waals surface area (Å²) in [6, 6.07) is 6.34. The monoisotopic (exact) mass is 235 g/mol. The van der Waals surface area contributed by atoms with Crippen LogP contribution in [0.5, 0.6) is 5.75 Å². The van der Waals surface area contributed by atoms with Gasteiger partial charge in [0, 0.05) is 10.9 Å². The van der Waals surface area contributed by atoms with Crippen LogP contribution in [0.4, 0.5) is 5.69 Å². The quantitative estimate of drug-likeness (QED) is 0.641. The number of hydrogen-bond donors (Lipinski definition) is 1. The van der Waals surface area contributed by atoms with Crippen LogP contribution in [-0.4, -0.2) is 10.0 Å². The first-order valence-corrected chi connectivity index (χ1v) is 5.49. The fourth-order valence-electron chi connectivity index (χ4n) is 1.52. The Bertz CT molecular complexity index is 548. The molecule has 0 aliphatic rings. The van der Waals surface area contributed by atoms with E-state index in [1.165, 1.54) is 12.1 Å². The number of hydrogen-bond acceptors (Lipinski definition) is 4. The van der Waals surface area contributed by atoms with Crippen LogP contribution >= 0.6 is 11.3 Å². The SMILES string of the molecule is Cc1sccc1-c1ccc(O)c([N+](=O)[O-])c1. The topological polar surface area (TPSA) is 63.4 Å². The lowest BCUT2D eigenvalue weighted by Crippen LogP contribution is -1.89. The molecule has 0 radical (unpaired) electrons. The molecule has 0 saturated heterocycles. The highest BCUT2D eigenvalue weighted by molar-refractivity contribution is 7.10. The average Bonchev–Trinajstić information content (AvgIpc) is 2.65. The molecule has 2 rings (SSSR count). The van der Waals surface area contributed by atoms with Crippen LogP contribution < -0.4 is 0 Å². The van der Waals surface area contributed by atoms with E-state index in [0.29, 0.717) is 0 Å². The van der Waals surface area contributed by atoms with Gasteiger partial charge in [0.15, 0.2) is 5.75 Å². The molecule has 1 aromatic carbocycles. The Morgan fingerprint density at radius 2 is 2.12 bits per heavy atom. The fraction of sp³-hybridized carbons (Fsp3) is 0.0909. The molecule has 1 N–H and O–H groups in total. The number of rotatable bonds is 2. The Labute approximate surface area is 95.9 Å². The highest BCUT2D eigenvalue weighted by Gasteiger charge is 2.15. The summed E-state index contributed by atoms with van der Waals surface area (Å²) in [6.45, 7) is 1.96. The van der Waals surface area contributed by atoms with Gasteiger partial charge in [-0.05, 0) is 35.6 Å². The highest BCUT2D eigenvalue weighted by Crippen LogP contribution is 2.34. The van der Waals surface area contributed by atoms with Crippen molar-refractivity contribution in [1.82, 2.24) is 0 Å². The van der Waals surface area contributed by atoms with Gasteiger partial charge in [0.2, 0.25) is 0 Å². The number of phenols is 1. The zero-order valence-corrected chi connectivity index (χ0v) is 9.32. The van der Waals surface area contributed by atoms with E-state index in [1.807, 2.05) is 18.4 Å². The second-order valence-electron chi connectivity index (χ2n) is 3.35. The molecule has 0 spiro atoms. The minimum absolute atomic E-state index is 0.261. The maximum absolute atomic E-state index is 10.7. The lowest BCUT2D eigenvalue weighted by Gasteiger charge is -2.01. The van der Waals surface area contributed by atoms with Crippen molar-refractivity contribution in [3.05, 3.63) is 44.6 Å². The predicted molar refractivity (Wildman–Crippen MR) is 62.8 cm³/mol. The molecule has 16 heavy (non-hydrogen) atoms. The maximum atomic E-state index is 10.7. The number of phenolic OH excluding ortho intramolecular Hbond substituents is 1. The normalized spacial score (nSPS) is 10.3. The lowest BCUT2D eigenvalue weighted by molar-refractivity contribution is -0.385. The number of nitro groups is 1. The molecule has 0 unspecified atom stereocenters. The first-order valence-electron chi connectivity index (χ1n) is 4.61. The van der Waals surface area contributed by atoms with Gasteiger partial charge in [-0.1, -0.05) is 6.07 Å². The molecule has 5 heteroatoms. The molecule has 1 heterocycles. The summed E-state index contributed by atoms with van der Waals surface area (Å²) in [5.74, 6) is -0.304. The molecule has 0 fully saturated rings. The number of benzene rings is 1. The summed E-state index contributed by atoms with van der Waals surface area (Å²) in [7, 11) is 0. The molecule has 82 valence electrons. The molecule has 0 bridgehead atoms. The summed E-state index contributed by atoms with van der Waals surface area (Å²) in [4.78, 5) is 11.2. The third kappa shape index (κ3) is 1.77. The molecule has 0 saturated carbocycles. The van der Waals surface area contributed by atoms with Crippen molar-refractivity contribution in [1.29, 1.82) is 0 Å². The van der Waals surface area contributed by atoms with Gasteiger partial charge in [-0.25, -0.2) is 0 Å². The van der Waals surface area contributed by atoms with Crippen molar-refractivity contribution in [2.45, 2.75) is 6.92 Å². The van der Waals surface area contributed by atoms with Crippen molar-refractivity contribution in [3.8, 4) is 16.9 Å². The van der Waals surface area contributed by atoms with Gasteiger partial charge < -0.3 is 5.11 Å². The van der Waals surface area contributed by atoms with Crippen molar-refractivity contribution < 1.29 is 10.0 Å². The van der Waals surface area contributed by atoms with E-state index < -0.39 is 4.92 Å². The summed E-state index contributed by atoms with van der Waals surface area (Å²) >= 11 is 1.59. The number of aromatic hydroxyl groups is 1. The van der Waals surface area contributed by atoms with Crippen molar-refractivity contribution in [3.63, 3.8) is 0 Å². The van der Waals surface area contributed by atoms with Gasteiger partial charge in [-0.3, -0.25) is 10.1 Å². The van der Waals surface area contributed by atoms with Gasteiger partial charge in [-0.15, -0.1) is 11.3 Å². The van der Waals surface area contributed by atoms with Gasteiger partial charge in [0.05, 0.1) is 4.92 Å². The van der Waals surface area contributed by atoms with E-state index in [4.69, 9.17) is 0 Å². The Kier molecular flexibility index (Phi) is 2.62. The lowest BCUT2D eigenvalue weighted by atomic mass is 10.1. The molecular weight excluding hydrogens is 226 g/mol. The maximum Gasteiger partial charge on any atom is 0.311 e. The van der Waals surface area contributed by atoms with E-state index in [0.717, 1.165) is 16.0 Å². The van der Waals surface area contributed by atoms with Crippen LogP contribution in [0.25, 0.3) is 11.1 Å². The summed E-state index contributed by atoms with van der Waals surface area (Å²) in [5, 5.41) is 21.9. The second-order valence-corrected chi connectivity index (χ2v) is 4.47. The first kappa shape index (κ1) is 10.6. The van der Waals surface area contributed by atoms with E-state index in [1.54, 1.807) is 17.4 Å². The van der Waals surface area contributed by atoms with E-state index in [9.17, 15) is 15.2 Å². The molecule has 0 aliphatic heterocycles. The summed E-state index contributed by atoms with van der Waals surface area (Å²) in [6.07, 6.45) is 0. The number of thiophene rings is 1. The largest absolute Gasteiger partial charge is 0.502 e. The predicted octanol–water partition coefficient (Wildman–Crippen LogP) is 3.34. The highest BCUT2D eigenvalue weighted by atomic mass is 32.1. The van der Waals surface area contributed by atoms with Crippen molar-refractivity contribution >= 4 is 17.0 Å². The Balaban J connectivity index is 2.56. The second kappa shape index (κ2) is 3.94. The first-order chi connectivity index (χ1) is 7.59. The Morgan fingerprint density at radius 1 is 1.38 bits per heavy atom. The molecule has 1 aromatic heterocycles. The molecular formula is C11H9NO3S. The van der Waals surface area contributed by atoms with Crippen LogP contribution in [-0.2, 0) is 0 Å². The molecule has 0 amide bonds. The fourth-order valence-corrected chi connectivity index (χ4v) is 2.24. The van der Waals surface area contributed by atoms with E-state index in [-0.39, 0.29) is 11.4 Å². The summed E-state index contributed by atoms with van der Waals surface area (Å²) in [5.41, 5.74) is 1.46. The average molecular weight is 235 g/mol. The Hall–Kier alpha value is -1.88. The number of nitro benzene ring substituents is 1. The third-order valence-corrected chi connectivity index (χ3v) is 3.19. The minimum Gasteiger partial charge on any atom is -0.502 e. The molecule has 0 aliphatic carbocycles. The van der Waals surface area contributed by atoms with Gasteiger partial charge in [0.1, 0.15) is 0 Å². The van der Waals surface area contributed by atoms with Gasteiger partial charge >= 0.3 is 5.69 Å². The smallest absolute Gasteiger partial charge is 0.311 e. The van der Waals surface area contributed by atoms with E-state index in [2.05, 4.69) is 0 Å². The van der Waals surface area contributed by atoms with Crippen LogP contribution in [0.1, 0.15) is 4.88 Å². The molecule has 4 nitrogen and oxygen atoms in total. The zero-order chi connectivity index (χ0) is 11.7. The summed E-state index contributed by atoms with van der Waals surface area (Å²) < 4.78 is 0. The van der Waals surface area contributed by atoms with Crippen molar-refractivity contribution in [2.24, 2.45) is 0 Å². The standard InChI is InChI=1S/C11H9NO3S/c1-7-9(4-5-16-7)8-2-3-11(13)10(6-8)12(14)15/h2-6,13H,1H3. The number of nitrogens with zero attached hydrogens (tertiary/aromatic N) is 1. The van der Waals surface area contributed by atoms with Gasteiger partial charge in [-0.2, -0.15) is 0 Å². The molecule has 2 aromatic rings. The molecule has 0 atom stereocenters. The van der Waals surface area contributed by atoms with Crippen LogP contribution in [0.2, 0.25) is 0 Å². The van der Waals surface area contributed by atoms with Crippen LogP contribution in [0.3, 0.4) is 0 Å². The minimum atomic E-state index is -0.583. The van der Waals surface area contributed by atoms with Crippen molar-refractivity contribution in [2.75, 3.05) is 0 Å². The van der Waals surface area contributed by atoms with Crippen LogP contribution in [0.15, 0.2) is 29.6 Å². The zero-order valence-electron chi connectivity index (χ0n) is 8.51. The Morgan fingerprint density at radius 3 is 2.69 bits per heavy atom.